The van der Waals surface area contributed by atoms with Crippen molar-refractivity contribution >= 4 is 17.8 Å². The van der Waals surface area contributed by atoms with Gasteiger partial charge in [-0.25, -0.2) is 0 Å². The minimum absolute atomic E-state index is 0.0108. The Morgan fingerprint density at radius 3 is 2.63 bits per heavy atom. The van der Waals surface area contributed by atoms with E-state index in [9.17, 15) is 19.5 Å². The third-order valence-corrected chi connectivity index (χ3v) is 8.25. The van der Waals surface area contributed by atoms with Gasteiger partial charge in [0, 0.05) is 39.3 Å². The Balaban J connectivity index is 1.65. The van der Waals surface area contributed by atoms with Gasteiger partial charge < -0.3 is 29.1 Å². The summed E-state index contributed by atoms with van der Waals surface area (Å²) in [6.07, 6.45) is 3.33. The Bertz CT molecular complexity index is 832. The summed E-state index contributed by atoms with van der Waals surface area (Å²) in [6, 6.07) is -0.898. The van der Waals surface area contributed by atoms with Crippen LogP contribution in [-0.4, -0.2) is 121 Å². The van der Waals surface area contributed by atoms with Gasteiger partial charge in [-0.2, -0.15) is 0 Å². The van der Waals surface area contributed by atoms with Crippen LogP contribution in [0.2, 0.25) is 0 Å². The number of ether oxygens (including phenoxy) is 3. The summed E-state index contributed by atoms with van der Waals surface area (Å²) in [5, 5.41) is 9.76. The van der Waals surface area contributed by atoms with Crippen LogP contribution < -0.4 is 0 Å². The molecule has 4 aliphatic rings. The van der Waals surface area contributed by atoms with Crippen molar-refractivity contribution in [3.8, 4) is 0 Å². The number of rotatable bonds is 11. The van der Waals surface area contributed by atoms with Gasteiger partial charge in [0.1, 0.15) is 17.6 Å². The van der Waals surface area contributed by atoms with E-state index in [0.717, 1.165) is 13.1 Å². The lowest BCUT2D eigenvalue weighted by Gasteiger charge is -2.37. The van der Waals surface area contributed by atoms with E-state index in [1.165, 1.54) is 4.90 Å². The number of morpholine rings is 1. The zero-order valence-corrected chi connectivity index (χ0v) is 20.9. The lowest BCUT2D eigenvalue weighted by atomic mass is 9.65. The molecule has 5 atom stereocenters. The maximum Gasteiger partial charge on any atom is 0.312 e. The van der Waals surface area contributed by atoms with Crippen LogP contribution in [0.4, 0.5) is 0 Å². The first kappa shape index (κ1) is 26.1. The number of hydrogen-bond acceptors (Lipinski definition) is 8. The normalized spacial score (nSPS) is 34.2. The highest BCUT2D eigenvalue weighted by Gasteiger charge is 2.79. The number of β-amino-alcohol motifs (C(OH)–C–C–N with tert-alkyl or cyclic N) is 1. The molecule has 2 amide bonds. The molecule has 0 saturated carbocycles. The number of nitrogens with zero attached hydrogens (tertiary/aromatic N) is 3. The van der Waals surface area contributed by atoms with Crippen LogP contribution in [0.25, 0.3) is 0 Å². The van der Waals surface area contributed by atoms with Gasteiger partial charge in [-0.05, 0) is 26.2 Å². The molecule has 196 valence electrons. The van der Waals surface area contributed by atoms with Crippen LogP contribution in [0.5, 0.6) is 0 Å². The van der Waals surface area contributed by atoms with Gasteiger partial charge >= 0.3 is 5.97 Å². The highest BCUT2D eigenvalue weighted by atomic mass is 16.6. The van der Waals surface area contributed by atoms with Crippen molar-refractivity contribution in [2.24, 2.45) is 11.8 Å². The monoisotopic (exact) mass is 493 g/mol. The Hall–Kier alpha value is -2.01. The molecule has 2 bridgehead atoms. The maximum absolute atomic E-state index is 14.1. The van der Waals surface area contributed by atoms with Crippen molar-refractivity contribution in [2.45, 2.75) is 50.4 Å². The summed E-state index contributed by atoms with van der Waals surface area (Å²) in [5.41, 5.74) is -1.91. The molecule has 1 spiro atoms. The number of fused-ring (bicyclic) bond motifs is 1. The molecule has 0 aromatic rings. The van der Waals surface area contributed by atoms with Crippen LogP contribution in [0.3, 0.4) is 0 Å². The maximum atomic E-state index is 14.1. The number of carbonyl (C=O) groups is 3. The molecule has 4 rings (SSSR count). The molecular weight excluding hydrogens is 454 g/mol. The van der Waals surface area contributed by atoms with Crippen molar-refractivity contribution in [1.29, 1.82) is 0 Å². The number of esters is 1. The van der Waals surface area contributed by atoms with Crippen molar-refractivity contribution in [1.82, 2.24) is 14.7 Å². The Morgan fingerprint density at radius 2 is 2.00 bits per heavy atom. The van der Waals surface area contributed by atoms with Gasteiger partial charge in [0.05, 0.1) is 37.9 Å². The largest absolute Gasteiger partial charge is 0.466 e. The number of hydrogen-bond donors (Lipinski definition) is 1. The second kappa shape index (κ2) is 10.5. The van der Waals surface area contributed by atoms with Gasteiger partial charge in [0.25, 0.3) is 0 Å². The van der Waals surface area contributed by atoms with E-state index in [-0.39, 0.29) is 31.6 Å². The van der Waals surface area contributed by atoms with Gasteiger partial charge in [-0.3, -0.25) is 19.3 Å². The fourth-order valence-corrected chi connectivity index (χ4v) is 6.64. The SMILES string of the molecule is C=CCN(CCN1CCOCC1)C(=O)C1N(CCO)C(=O)[C@@H]2[C@@H](C(=O)OCC)[C@@]3(CC)CCC12O3. The van der Waals surface area contributed by atoms with E-state index < -0.39 is 35.0 Å². The van der Waals surface area contributed by atoms with Crippen LogP contribution in [0, 0.1) is 11.8 Å². The second-order valence-electron chi connectivity index (χ2n) is 9.87. The predicted molar refractivity (Wildman–Crippen MR) is 126 cm³/mol. The van der Waals surface area contributed by atoms with Crippen molar-refractivity contribution in [2.75, 3.05) is 65.7 Å². The minimum atomic E-state index is -1.10. The van der Waals surface area contributed by atoms with E-state index in [1.807, 2.05) is 6.92 Å². The summed E-state index contributed by atoms with van der Waals surface area (Å²) in [7, 11) is 0. The molecule has 0 aliphatic carbocycles. The summed E-state index contributed by atoms with van der Waals surface area (Å²) in [5.74, 6) is -2.52. The average Bonchev–Trinajstić information content (AvgIpc) is 3.46. The zero-order valence-electron chi connectivity index (χ0n) is 20.9. The number of carbonyl (C=O) groups excluding carboxylic acids is 3. The van der Waals surface area contributed by atoms with Crippen molar-refractivity contribution in [3.63, 3.8) is 0 Å². The topological polar surface area (TPSA) is 109 Å². The van der Waals surface area contributed by atoms with Gasteiger partial charge in [-0.1, -0.05) is 13.0 Å². The fraction of sp³-hybridized carbons (Fsp3) is 0.800. The Kier molecular flexibility index (Phi) is 7.85. The lowest BCUT2D eigenvalue weighted by Crippen LogP contribution is -2.57. The summed E-state index contributed by atoms with van der Waals surface area (Å²) in [6.45, 7) is 11.9. The Labute approximate surface area is 207 Å². The minimum Gasteiger partial charge on any atom is -0.466 e. The van der Waals surface area contributed by atoms with Gasteiger partial charge in [0.2, 0.25) is 11.8 Å². The number of amides is 2. The van der Waals surface area contributed by atoms with E-state index in [0.29, 0.717) is 52.1 Å². The quantitative estimate of drug-likeness (QED) is 0.318. The molecule has 0 radical (unpaired) electrons. The predicted octanol–water partition coefficient (Wildman–Crippen LogP) is 0.0434. The third kappa shape index (κ3) is 4.28. The molecule has 0 aromatic heterocycles. The van der Waals surface area contributed by atoms with Crippen molar-refractivity contribution in [3.05, 3.63) is 12.7 Å². The molecular formula is C25H39N3O7. The van der Waals surface area contributed by atoms with Crippen molar-refractivity contribution < 1.29 is 33.7 Å². The molecule has 0 aromatic carbocycles. The zero-order chi connectivity index (χ0) is 25.2. The first-order chi connectivity index (χ1) is 16.9. The first-order valence-electron chi connectivity index (χ1n) is 12.9. The molecule has 10 nitrogen and oxygen atoms in total. The number of aliphatic hydroxyl groups excluding tert-OH is 1. The summed E-state index contributed by atoms with van der Waals surface area (Å²) < 4.78 is 17.5. The molecule has 1 N–H and O–H groups in total. The van der Waals surface area contributed by atoms with E-state index in [2.05, 4.69) is 11.5 Å². The molecule has 4 heterocycles. The number of likely N-dealkylation sites (tertiary alicyclic amines) is 1. The highest BCUT2D eigenvalue weighted by molar-refractivity contribution is 5.98. The van der Waals surface area contributed by atoms with Gasteiger partial charge in [0.15, 0.2) is 0 Å². The first-order valence-corrected chi connectivity index (χ1v) is 12.9. The van der Waals surface area contributed by atoms with Gasteiger partial charge in [-0.15, -0.1) is 6.58 Å². The second-order valence-corrected chi connectivity index (χ2v) is 9.87. The van der Waals surface area contributed by atoms with Crippen LogP contribution in [0.1, 0.15) is 33.1 Å². The highest BCUT2D eigenvalue weighted by Crippen LogP contribution is 2.64. The van der Waals surface area contributed by atoms with E-state index >= 15 is 0 Å². The Morgan fingerprint density at radius 1 is 1.26 bits per heavy atom. The molecule has 4 fully saturated rings. The smallest absolute Gasteiger partial charge is 0.312 e. The molecule has 4 saturated heterocycles. The molecule has 10 heteroatoms. The van der Waals surface area contributed by atoms with Crippen LogP contribution >= 0.6 is 0 Å². The summed E-state index contributed by atoms with van der Waals surface area (Å²) >= 11 is 0. The van der Waals surface area contributed by atoms with E-state index in [4.69, 9.17) is 14.2 Å². The standard InChI is InChI=1S/C25H39N3O7/c1-4-9-27(11-10-26-13-16-33-17-14-26)22(31)20-25-8-7-24(5-2,35-25)19(23(32)34-6-3)18(25)21(30)28(20)12-15-29/h4,18-20,29H,1,5-17H2,2-3H3/t18-,19-,20?,24+,25?/m0/s1. The number of aliphatic hydroxyl groups is 1. The van der Waals surface area contributed by atoms with E-state index in [1.54, 1.807) is 17.9 Å². The average molecular weight is 494 g/mol. The summed E-state index contributed by atoms with van der Waals surface area (Å²) in [4.78, 5) is 46.4. The van der Waals surface area contributed by atoms with Crippen LogP contribution in [0.15, 0.2) is 12.7 Å². The third-order valence-electron chi connectivity index (χ3n) is 8.25. The molecule has 35 heavy (non-hydrogen) atoms. The molecule has 2 unspecified atom stereocenters. The molecule has 4 aliphatic heterocycles. The lowest BCUT2D eigenvalue weighted by molar-refractivity contribution is -0.161. The fourth-order valence-electron chi connectivity index (χ4n) is 6.64. The van der Waals surface area contributed by atoms with Crippen LogP contribution in [-0.2, 0) is 28.6 Å².